The second kappa shape index (κ2) is 1.90. The Balaban J connectivity index is 2.42. The van der Waals surface area contributed by atoms with Gasteiger partial charge >= 0.3 is 0 Å². The second-order valence-electron chi connectivity index (χ2n) is 2.56. The third-order valence-electron chi connectivity index (χ3n) is 1.68. The van der Waals surface area contributed by atoms with Gasteiger partial charge in [0, 0.05) is 6.42 Å². The van der Waals surface area contributed by atoms with Gasteiger partial charge < -0.3 is 0 Å². The Morgan fingerprint density at radius 1 is 1.40 bits per heavy atom. The fourth-order valence-corrected chi connectivity index (χ4v) is 1.12. The van der Waals surface area contributed by atoms with E-state index in [1.807, 2.05) is 6.08 Å². The third-order valence-corrected chi connectivity index (χ3v) is 1.68. The molecule has 0 spiro atoms. The molecule has 0 amide bonds. The van der Waals surface area contributed by atoms with Gasteiger partial charge in [0.05, 0.1) is 11.4 Å². The fraction of sp³-hybridized carbons (Fsp3) is 0.250. The summed E-state index contributed by atoms with van der Waals surface area (Å²) in [4.78, 5) is 8.20. The van der Waals surface area contributed by atoms with Crippen LogP contribution in [0.2, 0.25) is 0 Å². The van der Waals surface area contributed by atoms with Crippen molar-refractivity contribution in [2.75, 3.05) is 0 Å². The highest BCUT2D eigenvalue weighted by molar-refractivity contribution is 6.09. The minimum Gasteiger partial charge on any atom is -0.239 e. The maximum atomic E-state index is 4.12. The number of rotatable bonds is 0. The highest BCUT2D eigenvalue weighted by Crippen LogP contribution is 2.18. The van der Waals surface area contributed by atoms with Crippen LogP contribution >= 0.6 is 0 Å². The van der Waals surface area contributed by atoms with Gasteiger partial charge in [-0.2, -0.15) is 0 Å². The zero-order chi connectivity index (χ0) is 6.97. The van der Waals surface area contributed by atoms with Crippen molar-refractivity contribution < 1.29 is 0 Å². The standard InChI is InChI=1S/C8H8N2/c1-6-2-3-7-8(4-6)10-5-9-7/h2-3,5H,4H2,1H3. The van der Waals surface area contributed by atoms with Gasteiger partial charge in [0.15, 0.2) is 0 Å². The van der Waals surface area contributed by atoms with Crippen molar-refractivity contribution in [2.45, 2.75) is 13.3 Å². The van der Waals surface area contributed by atoms with Crippen molar-refractivity contribution in [1.82, 2.24) is 0 Å². The maximum absolute atomic E-state index is 4.12. The number of fused-ring (bicyclic) bond motifs is 1. The molecule has 0 aromatic rings. The predicted molar refractivity (Wildman–Crippen MR) is 42.4 cm³/mol. The summed E-state index contributed by atoms with van der Waals surface area (Å²) >= 11 is 0. The highest BCUT2D eigenvalue weighted by atomic mass is 15.0. The van der Waals surface area contributed by atoms with Crippen LogP contribution in [0.1, 0.15) is 13.3 Å². The molecule has 10 heavy (non-hydrogen) atoms. The number of hydrogen-bond acceptors (Lipinski definition) is 2. The summed E-state index contributed by atoms with van der Waals surface area (Å²) in [5.74, 6) is 0. The minimum absolute atomic E-state index is 0.964. The first-order chi connectivity index (χ1) is 4.86. The largest absolute Gasteiger partial charge is 0.239 e. The van der Waals surface area contributed by atoms with Gasteiger partial charge in [-0.15, -0.1) is 0 Å². The van der Waals surface area contributed by atoms with E-state index in [4.69, 9.17) is 0 Å². The van der Waals surface area contributed by atoms with Gasteiger partial charge in [0.25, 0.3) is 0 Å². The molecule has 0 N–H and O–H groups in total. The van der Waals surface area contributed by atoms with Gasteiger partial charge in [-0.25, -0.2) is 9.98 Å². The van der Waals surface area contributed by atoms with Crippen LogP contribution in [0.25, 0.3) is 0 Å². The predicted octanol–water partition coefficient (Wildman–Crippen LogP) is 1.70. The summed E-state index contributed by atoms with van der Waals surface area (Å²) in [5.41, 5.74) is 3.50. The van der Waals surface area contributed by atoms with Crippen LogP contribution in [0.5, 0.6) is 0 Å². The zero-order valence-corrected chi connectivity index (χ0v) is 5.83. The van der Waals surface area contributed by atoms with E-state index in [1.54, 1.807) is 6.34 Å². The first kappa shape index (κ1) is 5.59. The van der Waals surface area contributed by atoms with E-state index in [0.717, 1.165) is 17.8 Å². The molecule has 0 saturated carbocycles. The average Bonchev–Trinajstić information content (AvgIpc) is 2.33. The molecule has 2 rings (SSSR count). The van der Waals surface area contributed by atoms with Crippen LogP contribution in [0.15, 0.2) is 33.4 Å². The maximum Gasteiger partial charge on any atom is 0.116 e. The summed E-state index contributed by atoms with van der Waals surface area (Å²) in [7, 11) is 0. The van der Waals surface area contributed by atoms with Gasteiger partial charge in [0.1, 0.15) is 6.34 Å². The molecular weight excluding hydrogens is 124 g/mol. The van der Waals surface area contributed by atoms with Crippen LogP contribution in [-0.4, -0.2) is 12.1 Å². The summed E-state index contributed by atoms with van der Waals surface area (Å²) in [6.07, 6.45) is 6.69. The van der Waals surface area contributed by atoms with Crippen LogP contribution in [0.3, 0.4) is 0 Å². The van der Waals surface area contributed by atoms with Crippen molar-refractivity contribution in [3.05, 3.63) is 23.4 Å². The van der Waals surface area contributed by atoms with Crippen LogP contribution in [0.4, 0.5) is 0 Å². The summed E-state index contributed by atoms with van der Waals surface area (Å²) < 4.78 is 0. The highest BCUT2D eigenvalue weighted by Gasteiger charge is 2.12. The average molecular weight is 132 g/mol. The van der Waals surface area contributed by atoms with E-state index < -0.39 is 0 Å². The topological polar surface area (TPSA) is 24.7 Å². The van der Waals surface area contributed by atoms with Crippen molar-refractivity contribution >= 4 is 12.1 Å². The van der Waals surface area contributed by atoms with E-state index in [-0.39, 0.29) is 0 Å². The molecule has 0 bridgehead atoms. The molecule has 2 aliphatic rings. The molecule has 1 aliphatic carbocycles. The minimum atomic E-state index is 0.964. The lowest BCUT2D eigenvalue weighted by atomic mass is 10.0. The second-order valence-corrected chi connectivity index (χ2v) is 2.56. The Hall–Kier alpha value is -1.18. The Bertz CT molecular complexity index is 280. The quantitative estimate of drug-likeness (QED) is 0.479. The van der Waals surface area contributed by atoms with E-state index in [1.165, 1.54) is 5.57 Å². The molecule has 2 heteroatoms. The molecule has 0 fully saturated rings. The van der Waals surface area contributed by atoms with Crippen molar-refractivity contribution in [1.29, 1.82) is 0 Å². The monoisotopic (exact) mass is 132 g/mol. The van der Waals surface area contributed by atoms with Gasteiger partial charge in [-0.3, -0.25) is 0 Å². The lowest BCUT2D eigenvalue weighted by molar-refractivity contribution is 1.22. The van der Waals surface area contributed by atoms with E-state index in [0.29, 0.717) is 0 Å². The van der Waals surface area contributed by atoms with Crippen LogP contribution < -0.4 is 0 Å². The zero-order valence-electron chi connectivity index (χ0n) is 5.83. The van der Waals surface area contributed by atoms with E-state index >= 15 is 0 Å². The van der Waals surface area contributed by atoms with Crippen molar-refractivity contribution in [2.24, 2.45) is 9.98 Å². The number of hydrogen-bond donors (Lipinski definition) is 0. The van der Waals surface area contributed by atoms with Gasteiger partial charge in [0.2, 0.25) is 0 Å². The number of nitrogens with zero attached hydrogens (tertiary/aromatic N) is 2. The van der Waals surface area contributed by atoms with E-state index in [9.17, 15) is 0 Å². The number of aliphatic imine (C=N–C) groups is 2. The lowest BCUT2D eigenvalue weighted by Crippen LogP contribution is -2.01. The molecule has 0 atom stereocenters. The molecule has 1 aliphatic heterocycles. The molecule has 0 unspecified atom stereocenters. The smallest absolute Gasteiger partial charge is 0.116 e. The van der Waals surface area contributed by atoms with Gasteiger partial charge in [-0.05, 0) is 13.0 Å². The molecule has 0 radical (unpaired) electrons. The Kier molecular flexibility index (Phi) is 1.07. The normalized spacial score (nSPS) is 21.5. The molecule has 0 aromatic heterocycles. The summed E-state index contributed by atoms with van der Waals surface area (Å²) in [6, 6.07) is 0. The van der Waals surface area contributed by atoms with Crippen LogP contribution in [-0.2, 0) is 0 Å². The lowest BCUT2D eigenvalue weighted by Gasteiger charge is -2.05. The molecule has 1 heterocycles. The SMILES string of the molecule is CC1=CC=C2N=CN=C2C1. The fourth-order valence-electron chi connectivity index (χ4n) is 1.12. The number of allylic oxidation sites excluding steroid dienone is 4. The molecule has 50 valence electrons. The third kappa shape index (κ3) is 0.727. The molecule has 0 saturated heterocycles. The van der Waals surface area contributed by atoms with Gasteiger partial charge in [-0.1, -0.05) is 11.6 Å². The van der Waals surface area contributed by atoms with Crippen LogP contribution in [0, 0.1) is 0 Å². The first-order valence-corrected chi connectivity index (χ1v) is 3.33. The molecule has 2 nitrogen and oxygen atoms in total. The Morgan fingerprint density at radius 2 is 2.30 bits per heavy atom. The van der Waals surface area contributed by atoms with E-state index in [2.05, 4.69) is 23.0 Å². The summed E-state index contributed by atoms with van der Waals surface area (Å²) in [5, 5.41) is 0. The van der Waals surface area contributed by atoms with Crippen molar-refractivity contribution in [3.63, 3.8) is 0 Å². The molecular formula is C8H8N2. The first-order valence-electron chi connectivity index (χ1n) is 3.33. The Morgan fingerprint density at radius 3 is 3.20 bits per heavy atom. The molecule has 0 aromatic carbocycles. The summed E-state index contributed by atoms with van der Waals surface area (Å²) in [6.45, 7) is 2.11. The van der Waals surface area contributed by atoms with Crippen molar-refractivity contribution in [3.8, 4) is 0 Å². The Labute approximate surface area is 59.7 Å².